The molecule has 1 rings (SSSR count). The van der Waals surface area contributed by atoms with Crippen LogP contribution in [0.3, 0.4) is 0 Å². The van der Waals surface area contributed by atoms with Crippen molar-refractivity contribution in [3.63, 3.8) is 0 Å². The Balaban J connectivity index is 2.38. The molecule has 0 saturated heterocycles. The third kappa shape index (κ3) is 5.19. The summed E-state index contributed by atoms with van der Waals surface area (Å²) in [6, 6.07) is 8.89. The average molecular weight is 299 g/mol. The second kappa shape index (κ2) is 7.85. The van der Waals surface area contributed by atoms with E-state index in [4.69, 9.17) is 0 Å². The van der Waals surface area contributed by atoms with Gasteiger partial charge in [0.15, 0.2) is 0 Å². The first kappa shape index (κ1) is 14.7. The van der Waals surface area contributed by atoms with E-state index in [1.807, 2.05) is 6.07 Å². The topological polar surface area (TPSA) is 15.3 Å². The van der Waals surface area contributed by atoms with Crippen LogP contribution in [0.25, 0.3) is 0 Å². The molecular weight excluding hydrogens is 276 g/mol. The Morgan fingerprint density at radius 1 is 1.24 bits per heavy atom. The van der Waals surface area contributed by atoms with Crippen LogP contribution in [0.2, 0.25) is 0 Å². The minimum absolute atomic E-state index is 0.516. The van der Waals surface area contributed by atoms with Gasteiger partial charge in [-0.05, 0) is 31.6 Å². The predicted octanol–water partition coefficient (Wildman–Crippen LogP) is 3.27. The highest BCUT2D eigenvalue weighted by Gasteiger charge is 2.07. The molecule has 0 saturated carbocycles. The van der Waals surface area contributed by atoms with Crippen LogP contribution in [0, 0.1) is 0 Å². The van der Waals surface area contributed by atoms with E-state index in [0.717, 1.165) is 26.2 Å². The van der Waals surface area contributed by atoms with Gasteiger partial charge in [0.1, 0.15) is 0 Å². The molecule has 0 fully saturated rings. The van der Waals surface area contributed by atoms with E-state index in [9.17, 15) is 0 Å². The highest BCUT2D eigenvalue weighted by Crippen LogP contribution is 2.15. The molecule has 0 amide bonds. The number of nitrogens with zero attached hydrogens (tertiary/aromatic N) is 1. The zero-order valence-corrected chi connectivity index (χ0v) is 12.6. The van der Waals surface area contributed by atoms with Gasteiger partial charge in [-0.2, -0.15) is 0 Å². The predicted molar refractivity (Wildman–Crippen MR) is 78.2 cm³/mol. The summed E-state index contributed by atoms with van der Waals surface area (Å²) in [5.74, 6) is 0. The third-order valence-electron chi connectivity index (χ3n) is 3.03. The van der Waals surface area contributed by atoms with Gasteiger partial charge in [0.25, 0.3) is 0 Å². The molecule has 0 aliphatic heterocycles. The van der Waals surface area contributed by atoms with E-state index in [-0.39, 0.29) is 0 Å². The molecule has 0 heterocycles. The highest BCUT2D eigenvalue weighted by atomic mass is 79.9. The van der Waals surface area contributed by atoms with E-state index < -0.39 is 0 Å². The average Bonchev–Trinajstić information content (AvgIpc) is 2.35. The van der Waals surface area contributed by atoms with Gasteiger partial charge >= 0.3 is 0 Å². The largest absolute Gasteiger partial charge is 0.309 e. The quantitative estimate of drug-likeness (QED) is 0.831. The number of nitrogens with one attached hydrogen (secondary N) is 1. The van der Waals surface area contributed by atoms with Crippen LogP contribution in [0.1, 0.15) is 26.3 Å². The lowest BCUT2D eigenvalue weighted by molar-refractivity contribution is 0.270. The summed E-state index contributed by atoms with van der Waals surface area (Å²) < 4.78 is 1.18. The highest BCUT2D eigenvalue weighted by molar-refractivity contribution is 9.10. The first-order valence-electron chi connectivity index (χ1n) is 6.36. The Morgan fingerprint density at radius 3 is 2.47 bits per heavy atom. The van der Waals surface area contributed by atoms with Crippen molar-refractivity contribution in [2.75, 3.05) is 19.6 Å². The SMILES string of the molecule is CCN(CC)CC(C)NCc1ccccc1Br. The Hall–Kier alpha value is -0.380. The van der Waals surface area contributed by atoms with Crippen LogP contribution in [0.15, 0.2) is 28.7 Å². The number of halogens is 1. The van der Waals surface area contributed by atoms with Crippen LogP contribution in [-0.4, -0.2) is 30.6 Å². The maximum atomic E-state index is 3.57. The number of hydrogen-bond acceptors (Lipinski definition) is 2. The lowest BCUT2D eigenvalue weighted by Gasteiger charge is -2.23. The number of hydrogen-bond donors (Lipinski definition) is 1. The first-order chi connectivity index (χ1) is 8.17. The fourth-order valence-corrected chi connectivity index (χ4v) is 2.28. The van der Waals surface area contributed by atoms with Crippen LogP contribution >= 0.6 is 15.9 Å². The van der Waals surface area contributed by atoms with E-state index >= 15 is 0 Å². The Kier molecular flexibility index (Phi) is 6.78. The van der Waals surface area contributed by atoms with E-state index in [1.165, 1.54) is 10.0 Å². The van der Waals surface area contributed by atoms with Crippen molar-refractivity contribution >= 4 is 15.9 Å². The summed E-state index contributed by atoms with van der Waals surface area (Å²) >= 11 is 3.57. The Bertz CT molecular complexity index is 324. The van der Waals surface area contributed by atoms with Crippen molar-refractivity contribution in [3.05, 3.63) is 34.3 Å². The standard InChI is InChI=1S/C14H23BrN2/c1-4-17(5-2)11-12(3)16-10-13-8-6-7-9-14(13)15/h6-9,12,16H,4-5,10-11H2,1-3H3. The minimum Gasteiger partial charge on any atom is -0.309 e. The van der Waals surface area contributed by atoms with Crippen LogP contribution in [0.5, 0.6) is 0 Å². The molecule has 17 heavy (non-hydrogen) atoms. The Morgan fingerprint density at radius 2 is 1.88 bits per heavy atom. The van der Waals surface area contributed by atoms with Crippen molar-refractivity contribution in [1.82, 2.24) is 10.2 Å². The number of likely N-dealkylation sites (N-methyl/N-ethyl adjacent to an activating group) is 1. The second-order valence-corrected chi connectivity index (χ2v) is 5.21. The van der Waals surface area contributed by atoms with Gasteiger partial charge in [-0.25, -0.2) is 0 Å². The maximum Gasteiger partial charge on any atom is 0.0220 e. The summed E-state index contributed by atoms with van der Waals surface area (Å²) in [7, 11) is 0. The summed E-state index contributed by atoms with van der Waals surface area (Å²) in [6.45, 7) is 10.9. The van der Waals surface area contributed by atoms with E-state index in [2.05, 4.69) is 65.1 Å². The molecule has 3 heteroatoms. The summed E-state index contributed by atoms with van der Waals surface area (Å²) in [4.78, 5) is 2.44. The molecule has 0 aliphatic carbocycles. The Labute approximate surface area is 114 Å². The van der Waals surface area contributed by atoms with Crippen molar-refractivity contribution < 1.29 is 0 Å². The summed E-state index contributed by atoms with van der Waals surface area (Å²) in [5.41, 5.74) is 1.32. The van der Waals surface area contributed by atoms with Crippen LogP contribution < -0.4 is 5.32 Å². The van der Waals surface area contributed by atoms with E-state index in [0.29, 0.717) is 6.04 Å². The number of rotatable bonds is 7. The molecule has 1 atom stereocenters. The molecule has 0 radical (unpaired) electrons. The van der Waals surface area contributed by atoms with Gasteiger partial charge in [-0.1, -0.05) is 48.0 Å². The molecule has 1 unspecified atom stereocenters. The fourth-order valence-electron chi connectivity index (χ4n) is 1.86. The molecule has 96 valence electrons. The second-order valence-electron chi connectivity index (χ2n) is 4.36. The van der Waals surface area contributed by atoms with Crippen LogP contribution in [-0.2, 0) is 6.54 Å². The van der Waals surface area contributed by atoms with Crippen molar-refractivity contribution in [1.29, 1.82) is 0 Å². The molecule has 0 bridgehead atoms. The van der Waals surface area contributed by atoms with Gasteiger partial charge in [-0.15, -0.1) is 0 Å². The lowest BCUT2D eigenvalue weighted by atomic mass is 10.2. The first-order valence-corrected chi connectivity index (χ1v) is 7.15. The summed E-state index contributed by atoms with van der Waals surface area (Å²) in [6.07, 6.45) is 0. The molecule has 1 aromatic rings. The molecular formula is C14H23BrN2. The van der Waals surface area contributed by atoms with Gasteiger partial charge in [0, 0.05) is 23.6 Å². The molecule has 2 nitrogen and oxygen atoms in total. The summed E-state index contributed by atoms with van der Waals surface area (Å²) in [5, 5.41) is 3.57. The molecule has 1 aromatic carbocycles. The lowest BCUT2D eigenvalue weighted by Crippen LogP contribution is -2.38. The van der Waals surface area contributed by atoms with Crippen molar-refractivity contribution in [2.45, 2.75) is 33.4 Å². The van der Waals surface area contributed by atoms with Crippen molar-refractivity contribution in [2.24, 2.45) is 0 Å². The number of benzene rings is 1. The van der Waals surface area contributed by atoms with Gasteiger partial charge < -0.3 is 10.2 Å². The van der Waals surface area contributed by atoms with E-state index in [1.54, 1.807) is 0 Å². The fraction of sp³-hybridized carbons (Fsp3) is 0.571. The van der Waals surface area contributed by atoms with Gasteiger partial charge in [-0.3, -0.25) is 0 Å². The molecule has 0 aliphatic rings. The van der Waals surface area contributed by atoms with Gasteiger partial charge in [0.2, 0.25) is 0 Å². The minimum atomic E-state index is 0.516. The van der Waals surface area contributed by atoms with Gasteiger partial charge in [0.05, 0.1) is 0 Å². The van der Waals surface area contributed by atoms with Crippen molar-refractivity contribution in [3.8, 4) is 0 Å². The maximum absolute atomic E-state index is 3.57. The zero-order chi connectivity index (χ0) is 12.7. The zero-order valence-electron chi connectivity index (χ0n) is 11.0. The molecule has 0 aromatic heterocycles. The monoisotopic (exact) mass is 298 g/mol. The molecule has 1 N–H and O–H groups in total. The van der Waals surface area contributed by atoms with Crippen LogP contribution in [0.4, 0.5) is 0 Å². The normalized spacial score (nSPS) is 13.0. The molecule has 0 spiro atoms. The smallest absolute Gasteiger partial charge is 0.0220 e. The third-order valence-corrected chi connectivity index (χ3v) is 3.80.